The van der Waals surface area contributed by atoms with Gasteiger partial charge in [0.2, 0.25) is 23.6 Å². The van der Waals surface area contributed by atoms with Crippen molar-refractivity contribution in [3.63, 3.8) is 0 Å². The summed E-state index contributed by atoms with van der Waals surface area (Å²) in [6, 6.07) is 9.00. The number of hydrogen-bond donors (Lipinski definition) is 3. The molecule has 1 unspecified atom stereocenters. The third-order valence-electron chi connectivity index (χ3n) is 12.5. The summed E-state index contributed by atoms with van der Waals surface area (Å²) in [7, 11) is 5.35. The average molecular weight is 741 g/mol. The number of ether oxygens (including phenoxy) is 1. The Hall–Kier alpha value is -3.02. The van der Waals surface area contributed by atoms with Crippen LogP contribution >= 0.6 is 0 Å². The zero-order valence-corrected chi connectivity index (χ0v) is 34.7. The van der Waals surface area contributed by atoms with Gasteiger partial charge in [0.25, 0.3) is 0 Å². The SMILES string of the molecule is CCNC[C@H](Cc1ccccc1)NC(=O)[C@H](C)C(C)[C@@H]1CCCN1C(=O)C[C@@H](OC)[C@H]([C@@H](C)CC)N(C)C(=O)[C@@H](NC(=O)[C@]1(C)CCCN1C)C(C)C. The van der Waals surface area contributed by atoms with Gasteiger partial charge >= 0.3 is 0 Å². The van der Waals surface area contributed by atoms with Gasteiger partial charge in [-0.05, 0) is 82.5 Å². The number of carbonyl (C=O) groups excluding carboxylic acids is 4. The summed E-state index contributed by atoms with van der Waals surface area (Å²) < 4.78 is 6.07. The van der Waals surface area contributed by atoms with Gasteiger partial charge in [-0.3, -0.25) is 24.1 Å². The van der Waals surface area contributed by atoms with Crippen molar-refractivity contribution in [1.82, 2.24) is 30.7 Å². The van der Waals surface area contributed by atoms with Gasteiger partial charge in [0.1, 0.15) is 6.04 Å². The second-order valence-corrected chi connectivity index (χ2v) is 16.4. The van der Waals surface area contributed by atoms with Crippen LogP contribution in [-0.4, -0.2) is 122 Å². The predicted molar refractivity (Wildman–Crippen MR) is 212 cm³/mol. The maximum absolute atomic E-state index is 14.3. The van der Waals surface area contributed by atoms with Crippen molar-refractivity contribution in [3.05, 3.63) is 35.9 Å². The summed E-state index contributed by atoms with van der Waals surface area (Å²) in [5.74, 6) is -0.764. The van der Waals surface area contributed by atoms with Crippen LogP contribution in [0.1, 0.15) is 99.5 Å². The van der Waals surface area contributed by atoms with E-state index in [2.05, 4.69) is 60.7 Å². The number of amides is 4. The van der Waals surface area contributed by atoms with Gasteiger partial charge in [-0.15, -0.1) is 0 Å². The topological polar surface area (TPSA) is 123 Å². The number of nitrogens with zero attached hydrogens (tertiary/aromatic N) is 3. The van der Waals surface area contributed by atoms with Crippen LogP contribution < -0.4 is 16.0 Å². The summed E-state index contributed by atoms with van der Waals surface area (Å²) in [6.45, 7) is 19.1. The number of hydrogen-bond acceptors (Lipinski definition) is 7. The Morgan fingerprint density at radius 3 is 2.25 bits per heavy atom. The van der Waals surface area contributed by atoms with Gasteiger partial charge in [0.15, 0.2) is 0 Å². The van der Waals surface area contributed by atoms with E-state index < -0.39 is 17.7 Å². The van der Waals surface area contributed by atoms with Crippen LogP contribution in [0, 0.1) is 23.7 Å². The number of rotatable bonds is 20. The lowest BCUT2D eigenvalue weighted by molar-refractivity contribution is -0.147. The van der Waals surface area contributed by atoms with Gasteiger partial charge in [0, 0.05) is 45.2 Å². The minimum atomic E-state index is -0.709. The van der Waals surface area contributed by atoms with Crippen molar-refractivity contribution in [2.45, 2.75) is 136 Å². The summed E-state index contributed by atoms with van der Waals surface area (Å²) in [5.41, 5.74) is 0.525. The molecule has 0 aromatic heterocycles. The first-order valence-electron chi connectivity index (χ1n) is 20.3. The lowest BCUT2D eigenvalue weighted by atomic mass is 9.86. The molecule has 0 saturated carbocycles. The molecule has 2 heterocycles. The fourth-order valence-electron chi connectivity index (χ4n) is 8.38. The van der Waals surface area contributed by atoms with E-state index in [1.54, 1.807) is 19.1 Å². The van der Waals surface area contributed by atoms with Crippen LogP contribution in [0.3, 0.4) is 0 Å². The average Bonchev–Trinajstić information content (AvgIpc) is 3.78. The summed E-state index contributed by atoms with van der Waals surface area (Å²) >= 11 is 0. The first-order valence-corrected chi connectivity index (χ1v) is 20.3. The minimum Gasteiger partial charge on any atom is -0.379 e. The molecular weight excluding hydrogens is 668 g/mol. The molecule has 2 fully saturated rings. The van der Waals surface area contributed by atoms with Crippen molar-refractivity contribution in [3.8, 4) is 0 Å². The van der Waals surface area contributed by atoms with Crippen LogP contribution in [0.15, 0.2) is 30.3 Å². The molecule has 0 bridgehead atoms. The zero-order valence-electron chi connectivity index (χ0n) is 34.7. The molecule has 0 spiro atoms. The Bertz CT molecular complexity index is 1330. The number of nitrogens with one attached hydrogen (secondary N) is 3. The molecule has 11 heteroatoms. The number of carbonyl (C=O) groups is 4. The third kappa shape index (κ3) is 11.3. The molecule has 3 rings (SSSR count). The minimum absolute atomic E-state index is 0.00254. The Morgan fingerprint density at radius 2 is 1.68 bits per heavy atom. The van der Waals surface area contributed by atoms with Crippen molar-refractivity contribution in [2.75, 3.05) is 47.4 Å². The van der Waals surface area contributed by atoms with Crippen molar-refractivity contribution >= 4 is 23.6 Å². The second kappa shape index (κ2) is 20.6. The summed E-state index contributed by atoms with van der Waals surface area (Å²) in [4.78, 5) is 61.5. The Morgan fingerprint density at radius 1 is 1.00 bits per heavy atom. The largest absolute Gasteiger partial charge is 0.379 e. The van der Waals surface area contributed by atoms with E-state index in [0.717, 1.165) is 51.6 Å². The van der Waals surface area contributed by atoms with E-state index >= 15 is 0 Å². The van der Waals surface area contributed by atoms with E-state index in [4.69, 9.17) is 4.74 Å². The maximum Gasteiger partial charge on any atom is 0.245 e. The van der Waals surface area contributed by atoms with Gasteiger partial charge < -0.3 is 30.5 Å². The van der Waals surface area contributed by atoms with Crippen molar-refractivity contribution in [2.24, 2.45) is 23.7 Å². The highest BCUT2D eigenvalue weighted by molar-refractivity contribution is 5.92. The molecule has 4 amide bonds. The summed E-state index contributed by atoms with van der Waals surface area (Å²) in [6.07, 6.45) is 4.50. The fourth-order valence-corrected chi connectivity index (χ4v) is 8.38. The molecule has 1 aromatic rings. The highest BCUT2D eigenvalue weighted by atomic mass is 16.5. The molecule has 0 aliphatic carbocycles. The molecule has 2 saturated heterocycles. The predicted octanol–water partition coefficient (Wildman–Crippen LogP) is 4.49. The van der Waals surface area contributed by atoms with Gasteiger partial charge in [0.05, 0.1) is 24.1 Å². The molecule has 2 aliphatic heterocycles. The molecule has 9 atom stereocenters. The van der Waals surface area contributed by atoms with Crippen LogP contribution in [0.2, 0.25) is 0 Å². The lowest BCUT2D eigenvalue weighted by Gasteiger charge is -2.41. The van der Waals surface area contributed by atoms with Crippen LogP contribution in [0.4, 0.5) is 0 Å². The summed E-state index contributed by atoms with van der Waals surface area (Å²) in [5, 5.41) is 9.80. The molecule has 300 valence electrons. The number of methoxy groups -OCH3 is 1. The van der Waals surface area contributed by atoms with Crippen molar-refractivity contribution in [1.29, 1.82) is 0 Å². The molecule has 11 nitrogen and oxygen atoms in total. The quantitative estimate of drug-likeness (QED) is 0.180. The molecular formula is C42H72N6O5. The number of benzene rings is 1. The molecule has 1 aromatic carbocycles. The smallest absolute Gasteiger partial charge is 0.245 e. The van der Waals surface area contributed by atoms with E-state index in [1.807, 2.05) is 57.8 Å². The third-order valence-corrected chi connectivity index (χ3v) is 12.5. The van der Waals surface area contributed by atoms with E-state index in [0.29, 0.717) is 13.1 Å². The number of likely N-dealkylation sites (N-methyl/N-ethyl adjacent to an activating group) is 3. The van der Waals surface area contributed by atoms with E-state index in [1.165, 1.54) is 5.56 Å². The molecule has 2 aliphatic rings. The Kier molecular flexibility index (Phi) is 17.3. The molecule has 0 radical (unpaired) electrons. The maximum atomic E-state index is 14.3. The number of likely N-dealkylation sites (tertiary alicyclic amines) is 2. The fraction of sp³-hybridized carbons (Fsp3) is 0.762. The standard InChI is InChI=1S/C42H72N6O5/c1-12-29(5)38(47(10)40(51)37(28(3)4)45-41(52)42(8)22-18-23-46(42)9)35(53-11)26-36(49)48-24-17-21-34(48)30(6)31(7)39(50)44-33(27-43-13-2)25-32-19-15-14-16-20-32/h14-16,19-20,28-31,33-35,37-38,43H,12-13,17-18,21-27H2,1-11H3,(H,44,50)(H,45,52)/t29-,30?,31+,33-,34-,35+,37-,38-,42-/m0/s1. The molecule has 3 N–H and O–H groups in total. The Labute approximate surface area is 320 Å². The van der Waals surface area contributed by atoms with Crippen LogP contribution in [-0.2, 0) is 30.3 Å². The van der Waals surface area contributed by atoms with Gasteiger partial charge in [-0.1, -0.05) is 85.2 Å². The first-order chi connectivity index (χ1) is 25.1. The molecule has 53 heavy (non-hydrogen) atoms. The zero-order chi connectivity index (χ0) is 39.5. The van der Waals surface area contributed by atoms with E-state index in [9.17, 15) is 19.2 Å². The van der Waals surface area contributed by atoms with Gasteiger partial charge in [-0.25, -0.2) is 0 Å². The van der Waals surface area contributed by atoms with Crippen LogP contribution in [0.25, 0.3) is 0 Å². The van der Waals surface area contributed by atoms with Crippen LogP contribution in [0.5, 0.6) is 0 Å². The normalized spacial score (nSPS) is 23.2. The first kappa shape index (κ1) is 44.4. The van der Waals surface area contributed by atoms with Gasteiger partial charge in [-0.2, -0.15) is 0 Å². The lowest BCUT2D eigenvalue weighted by Crippen LogP contribution is -2.61. The highest BCUT2D eigenvalue weighted by Crippen LogP contribution is 2.32. The Balaban J connectivity index is 1.73. The van der Waals surface area contributed by atoms with Crippen molar-refractivity contribution < 1.29 is 23.9 Å². The van der Waals surface area contributed by atoms with E-state index in [-0.39, 0.29) is 71.8 Å². The highest BCUT2D eigenvalue weighted by Gasteiger charge is 2.45. The second-order valence-electron chi connectivity index (χ2n) is 16.4. The monoisotopic (exact) mass is 741 g/mol.